The van der Waals surface area contributed by atoms with Crippen LogP contribution in [0, 0.1) is 0 Å². The molecular weight excluding hydrogens is 138 g/mol. The van der Waals surface area contributed by atoms with Crippen molar-refractivity contribution in [2.75, 3.05) is 13.6 Å². The van der Waals surface area contributed by atoms with Crippen molar-refractivity contribution in [3.63, 3.8) is 0 Å². The van der Waals surface area contributed by atoms with Gasteiger partial charge in [-0.1, -0.05) is 20.3 Å². The molecule has 0 saturated heterocycles. The maximum atomic E-state index is 4.15. The molecule has 0 heterocycles. The Labute approximate surface area is 69.3 Å². The predicted octanol–water partition coefficient (Wildman–Crippen LogP) is 1.32. The molecule has 0 bridgehead atoms. The van der Waals surface area contributed by atoms with Gasteiger partial charge in [0.2, 0.25) is 0 Å². The van der Waals surface area contributed by atoms with Gasteiger partial charge in [-0.3, -0.25) is 0 Å². The first-order valence-corrected chi connectivity index (χ1v) is 4.32. The summed E-state index contributed by atoms with van der Waals surface area (Å²) < 4.78 is 0. The average Bonchev–Trinajstić information content (AvgIpc) is 2.05. The molecule has 11 heavy (non-hydrogen) atoms. The largest absolute Gasteiger partial charge is 0.375 e. The van der Waals surface area contributed by atoms with Crippen LogP contribution in [0.1, 0.15) is 33.1 Å². The molecule has 0 fully saturated rings. The van der Waals surface area contributed by atoms with E-state index in [9.17, 15) is 0 Å². The van der Waals surface area contributed by atoms with E-state index >= 15 is 0 Å². The van der Waals surface area contributed by atoms with E-state index in [-0.39, 0.29) is 0 Å². The summed E-state index contributed by atoms with van der Waals surface area (Å²) in [5, 5.41) is 7.17. The molecule has 0 saturated carbocycles. The minimum atomic E-state index is 0.954. The van der Waals surface area contributed by atoms with Crippen molar-refractivity contribution in [1.82, 2.24) is 10.7 Å². The maximum absolute atomic E-state index is 4.15. The number of hydrogen-bond donors (Lipinski definition) is 2. The fourth-order valence-electron chi connectivity index (χ4n) is 0.719. The van der Waals surface area contributed by atoms with Crippen LogP contribution in [0.2, 0.25) is 0 Å². The first-order valence-electron chi connectivity index (χ1n) is 4.32. The quantitative estimate of drug-likeness (QED) is 0.273. The molecule has 3 nitrogen and oxygen atoms in total. The summed E-state index contributed by atoms with van der Waals surface area (Å²) in [7, 11) is 1.89. The Morgan fingerprint density at radius 3 is 2.55 bits per heavy atom. The summed E-state index contributed by atoms with van der Waals surface area (Å²) in [6.07, 6.45) is 3.35. The third-order valence-corrected chi connectivity index (χ3v) is 1.48. The fraction of sp³-hybridized carbons (Fsp3) is 0.875. The van der Waals surface area contributed by atoms with Gasteiger partial charge in [0.15, 0.2) is 0 Å². The van der Waals surface area contributed by atoms with Crippen LogP contribution >= 0.6 is 0 Å². The zero-order chi connectivity index (χ0) is 8.53. The second-order valence-electron chi connectivity index (χ2n) is 2.42. The standard InChI is InChI=1S/C8H19N3/c1-4-6-7-10-11-8(5-2)9-3/h10H,4-7H2,1-3H3,(H,9,11). The molecular formula is C8H19N3. The van der Waals surface area contributed by atoms with Crippen molar-refractivity contribution >= 4 is 5.84 Å². The minimum Gasteiger partial charge on any atom is -0.375 e. The minimum absolute atomic E-state index is 0.954. The van der Waals surface area contributed by atoms with E-state index in [2.05, 4.69) is 29.7 Å². The zero-order valence-corrected chi connectivity index (χ0v) is 7.78. The number of unbranched alkanes of at least 4 members (excludes halogenated alkanes) is 1. The summed E-state index contributed by atoms with van der Waals surface area (Å²) in [5.74, 6) is 1.01. The third kappa shape index (κ3) is 5.70. The highest BCUT2D eigenvalue weighted by Crippen LogP contribution is 1.83. The van der Waals surface area contributed by atoms with Crippen LogP contribution in [0.15, 0.2) is 5.10 Å². The van der Waals surface area contributed by atoms with Crippen LogP contribution in [0.4, 0.5) is 0 Å². The number of hydrogen-bond acceptors (Lipinski definition) is 2. The summed E-state index contributed by atoms with van der Waals surface area (Å²) in [4.78, 5) is 0. The summed E-state index contributed by atoms with van der Waals surface area (Å²) in [6, 6.07) is 0. The van der Waals surface area contributed by atoms with Crippen molar-refractivity contribution in [2.45, 2.75) is 33.1 Å². The molecule has 2 N–H and O–H groups in total. The molecule has 66 valence electrons. The zero-order valence-electron chi connectivity index (χ0n) is 7.78. The highest BCUT2D eigenvalue weighted by molar-refractivity contribution is 5.81. The number of nitrogens with one attached hydrogen (secondary N) is 2. The Kier molecular flexibility index (Phi) is 6.89. The van der Waals surface area contributed by atoms with E-state index in [0.29, 0.717) is 0 Å². The monoisotopic (exact) mass is 157 g/mol. The van der Waals surface area contributed by atoms with Gasteiger partial charge < -0.3 is 10.7 Å². The van der Waals surface area contributed by atoms with Crippen molar-refractivity contribution in [3.8, 4) is 0 Å². The van der Waals surface area contributed by atoms with Gasteiger partial charge in [0, 0.05) is 20.0 Å². The van der Waals surface area contributed by atoms with Gasteiger partial charge in [0.1, 0.15) is 5.84 Å². The summed E-state index contributed by atoms with van der Waals surface area (Å²) in [6.45, 7) is 5.22. The highest BCUT2D eigenvalue weighted by Gasteiger charge is 1.88. The Balaban J connectivity index is 3.37. The Hall–Kier alpha value is -0.730. The van der Waals surface area contributed by atoms with Gasteiger partial charge in [0.25, 0.3) is 0 Å². The molecule has 0 spiro atoms. The lowest BCUT2D eigenvalue weighted by atomic mass is 10.3. The number of hydrazone groups is 1. The molecule has 0 aliphatic rings. The topological polar surface area (TPSA) is 36.4 Å². The van der Waals surface area contributed by atoms with Crippen LogP contribution in [-0.4, -0.2) is 19.4 Å². The van der Waals surface area contributed by atoms with Crippen LogP contribution in [0.5, 0.6) is 0 Å². The molecule has 0 aliphatic carbocycles. The van der Waals surface area contributed by atoms with Gasteiger partial charge in [-0.05, 0) is 6.42 Å². The van der Waals surface area contributed by atoms with Crippen molar-refractivity contribution in [2.24, 2.45) is 5.10 Å². The Morgan fingerprint density at radius 1 is 1.36 bits per heavy atom. The van der Waals surface area contributed by atoms with E-state index in [0.717, 1.165) is 18.8 Å². The molecule has 0 aromatic carbocycles. The maximum Gasteiger partial charge on any atom is 0.121 e. The Morgan fingerprint density at radius 2 is 2.09 bits per heavy atom. The molecule has 0 amide bonds. The third-order valence-electron chi connectivity index (χ3n) is 1.48. The molecule has 0 atom stereocenters. The van der Waals surface area contributed by atoms with Crippen molar-refractivity contribution < 1.29 is 0 Å². The van der Waals surface area contributed by atoms with E-state index in [1.807, 2.05) is 7.05 Å². The van der Waals surface area contributed by atoms with Gasteiger partial charge in [-0.15, -0.1) is 0 Å². The first-order chi connectivity index (χ1) is 5.35. The normalized spacial score (nSPS) is 11.4. The SMILES string of the molecule is CCCCN/N=C(/CC)NC. The van der Waals surface area contributed by atoms with Gasteiger partial charge in [-0.2, -0.15) is 5.10 Å². The van der Waals surface area contributed by atoms with E-state index in [1.54, 1.807) is 0 Å². The van der Waals surface area contributed by atoms with E-state index in [1.165, 1.54) is 12.8 Å². The van der Waals surface area contributed by atoms with Gasteiger partial charge in [0.05, 0.1) is 0 Å². The second-order valence-corrected chi connectivity index (χ2v) is 2.42. The van der Waals surface area contributed by atoms with Gasteiger partial charge in [-0.25, -0.2) is 0 Å². The first kappa shape index (κ1) is 10.3. The smallest absolute Gasteiger partial charge is 0.121 e. The Bertz CT molecular complexity index is 104. The predicted molar refractivity (Wildman–Crippen MR) is 49.7 cm³/mol. The van der Waals surface area contributed by atoms with E-state index in [4.69, 9.17) is 0 Å². The molecule has 3 heteroatoms. The molecule has 0 rings (SSSR count). The summed E-state index contributed by atoms with van der Waals surface area (Å²) in [5.41, 5.74) is 3.01. The lowest BCUT2D eigenvalue weighted by Crippen LogP contribution is -2.21. The highest BCUT2D eigenvalue weighted by atomic mass is 15.3. The number of rotatable bonds is 5. The van der Waals surface area contributed by atoms with E-state index < -0.39 is 0 Å². The van der Waals surface area contributed by atoms with Crippen molar-refractivity contribution in [3.05, 3.63) is 0 Å². The molecule has 0 aromatic rings. The van der Waals surface area contributed by atoms with Crippen LogP contribution in [0.25, 0.3) is 0 Å². The number of amidine groups is 1. The fourth-order valence-corrected chi connectivity index (χ4v) is 0.719. The van der Waals surface area contributed by atoms with Crippen LogP contribution < -0.4 is 10.7 Å². The van der Waals surface area contributed by atoms with Crippen LogP contribution in [-0.2, 0) is 0 Å². The van der Waals surface area contributed by atoms with Crippen molar-refractivity contribution in [1.29, 1.82) is 0 Å². The van der Waals surface area contributed by atoms with Crippen LogP contribution in [0.3, 0.4) is 0 Å². The van der Waals surface area contributed by atoms with Gasteiger partial charge >= 0.3 is 0 Å². The molecule has 0 radical (unpaired) electrons. The average molecular weight is 157 g/mol. The lowest BCUT2D eigenvalue weighted by Gasteiger charge is -2.02. The second kappa shape index (κ2) is 7.38. The summed E-state index contributed by atoms with van der Waals surface area (Å²) >= 11 is 0. The molecule has 0 aromatic heterocycles. The molecule has 0 unspecified atom stereocenters. The lowest BCUT2D eigenvalue weighted by molar-refractivity contribution is 0.666. The number of nitrogens with zero attached hydrogens (tertiary/aromatic N) is 1. The molecule has 0 aliphatic heterocycles.